The van der Waals surface area contributed by atoms with Gasteiger partial charge in [-0.2, -0.15) is 0 Å². The Kier molecular flexibility index (Phi) is 5.12. The Morgan fingerprint density at radius 2 is 1.97 bits per heavy atom. The molecule has 5 rings (SSSR count). The third-order valence-corrected chi connectivity index (χ3v) is 6.05. The third kappa shape index (κ3) is 3.84. The van der Waals surface area contributed by atoms with E-state index in [-0.39, 0.29) is 5.91 Å². The minimum Gasteiger partial charge on any atom is -0.397 e. The summed E-state index contributed by atoms with van der Waals surface area (Å²) in [5.41, 5.74) is 12.7. The number of para-hydroxylation sites is 2. The molecule has 0 aliphatic heterocycles. The molecule has 2 aromatic heterocycles. The van der Waals surface area contributed by atoms with Gasteiger partial charge >= 0.3 is 0 Å². The number of hydrogen-bond donors (Lipinski definition) is 3. The Balaban J connectivity index is 1.57. The van der Waals surface area contributed by atoms with Crippen molar-refractivity contribution in [1.82, 2.24) is 19.9 Å². The molecule has 1 fully saturated rings. The molecule has 168 valence electrons. The Labute approximate surface area is 192 Å². The molecule has 0 bridgehead atoms. The van der Waals surface area contributed by atoms with Crippen LogP contribution in [0.15, 0.2) is 54.7 Å². The topological polar surface area (TPSA) is 101 Å². The van der Waals surface area contributed by atoms with E-state index < -0.39 is 0 Å². The molecule has 33 heavy (non-hydrogen) atoms. The summed E-state index contributed by atoms with van der Waals surface area (Å²) in [4.78, 5) is 19.1. The lowest BCUT2D eigenvalue weighted by atomic mass is 10.0. The summed E-state index contributed by atoms with van der Waals surface area (Å²) in [7, 11) is 3.80. The van der Waals surface area contributed by atoms with Crippen LogP contribution in [0.1, 0.15) is 28.8 Å². The lowest BCUT2D eigenvalue weighted by Crippen LogP contribution is -2.26. The number of nitrogens with two attached hydrogens (primary N) is 1. The van der Waals surface area contributed by atoms with Gasteiger partial charge in [0.05, 0.1) is 29.0 Å². The maximum atomic E-state index is 12.5. The highest BCUT2D eigenvalue weighted by Crippen LogP contribution is 2.32. The second kappa shape index (κ2) is 8.12. The zero-order chi connectivity index (χ0) is 23.1. The van der Waals surface area contributed by atoms with Crippen LogP contribution in [0.4, 0.5) is 22.9 Å². The third-order valence-electron chi connectivity index (χ3n) is 6.05. The van der Waals surface area contributed by atoms with Crippen LogP contribution in [0.25, 0.3) is 16.9 Å². The standard InChI is InChI=1S/C25H27N7O/c1-15-12-16(8-11-18(15)25(33)29-17-9-10-17)22-14-28-24-20(27-2)13-23(30-32(22)24)31(3)21-7-5-4-6-19(21)26/h4-8,11-14,17,27H,9-10,26H2,1-3H3,(H,29,33). The summed E-state index contributed by atoms with van der Waals surface area (Å²) in [5.74, 6) is 0.709. The molecule has 8 nitrogen and oxygen atoms in total. The molecule has 0 saturated heterocycles. The first-order chi connectivity index (χ1) is 16.0. The first kappa shape index (κ1) is 20.8. The maximum absolute atomic E-state index is 12.5. The van der Waals surface area contributed by atoms with Gasteiger partial charge in [-0.25, -0.2) is 9.50 Å². The molecular formula is C25H27N7O. The van der Waals surface area contributed by atoms with E-state index in [4.69, 9.17) is 10.8 Å². The van der Waals surface area contributed by atoms with E-state index in [0.29, 0.717) is 17.3 Å². The van der Waals surface area contributed by atoms with Crippen LogP contribution in [0.3, 0.4) is 0 Å². The van der Waals surface area contributed by atoms with Crippen molar-refractivity contribution >= 4 is 34.4 Å². The van der Waals surface area contributed by atoms with E-state index >= 15 is 0 Å². The molecule has 1 aliphatic rings. The predicted molar refractivity (Wildman–Crippen MR) is 132 cm³/mol. The molecule has 2 aromatic carbocycles. The molecule has 8 heteroatoms. The summed E-state index contributed by atoms with van der Waals surface area (Å²) in [6.45, 7) is 1.96. The number of nitrogens with zero attached hydrogens (tertiary/aromatic N) is 4. The SMILES string of the molecule is CNc1cc(N(C)c2ccccc2N)nn2c(-c3ccc(C(=O)NC4CC4)c(C)c3)cnc12. The van der Waals surface area contributed by atoms with Gasteiger partial charge < -0.3 is 21.3 Å². The molecule has 1 aliphatic carbocycles. The molecule has 1 saturated carbocycles. The molecule has 4 N–H and O–H groups in total. The van der Waals surface area contributed by atoms with Gasteiger partial charge in [-0.15, -0.1) is 5.10 Å². The van der Waals surface area contributed by atoms with Crippen molar-refractivity contribution < 1.29 is 4.79 Å². The predicted octanol–water partition coefficient (Wildman–Crippen LogP) is 3.99. The van der Waals surface area contributed by atoms with E-state index in [9.17, 15) is 4.79 Å². The first-order valence-electron chi connectivity index (χ1n) is 11.0. The van der Waals surface area contributed by atoms with Gasteiger partial charge in [0.25, 0.3) is 5.91 Å². The number of amides is 1. The highest BCUT2D eigenvalue weighted by atomic mass is 16.1. The van der Waals surface area contributed by atoms with E-state index in [1.807, 2.05) is 85.2 Å². The molecule has 0 spiro atoms. The lowest BCUT2D eigenvalue weighted by Gasteiger charge is -2.21. The first-order valence-corrected chi connectivity index (χ1v) is 11.0. The number of anilines is 4. The van der Waals surface area contributed by atoms with Crippen molar-refractivity contribution in [2.75, 3.05) is 30.0 Å². The second-order valence-corrected chi connectivity index (χ2v) is 8.44. The smallest absolute Gasteiger partial charge is 0.251 e. The van der Waals surface area contributed by atoms with Crippen molar-refractivity contribution in [3.63, 3.8) is 0 Å². The van der Waals surface area contributed by atoms with Crippen LogP contribution in [0, 0.1) is 6.92 Å². The minimum atomic E-state index is -0.0142. The van der Waals surface area contributed by atoms with Crippen molar-refractivity contribution in [3.8, 4) is 11.3 Å². The zero-order valence-corrected chi connectivity index (χ0v) is 19.0. The molecule has 1 amide bonds. The average molecular weight is 442 g/mol. The van der Waals surface area contributed by atoms with Crippen molar-refractivity contribution in [3.05, 3.63) is 65.9 Å². The van der Waals surface area contributed by atoms with Crippen LogP contribution < -0.4 is 21.3 Å². The average Bonchev–Trinajstić information content (AvgIpc) is 3.52. The van der Waals surface area contributed by atoms with E-state index in [1.54, 1.807) is 0 Å². The van der Waals surface area contributed by atoms with Crippen molar-refractivity contribution in [2.45, 2.75) is 25.8 Å². The van der Waals surface area contributed by atoms with E-state index in [0.717, 1.165) is 52.5 Å². The molecule has 4 aromatic rings. The Hall–Kier alpha value is -4.07. The van der Waals surface area contributed by atoms with Crippen LogP contribution in [-0.2, 0) is 0 Å². The number of aromatic nitrogens is 3. The fraction of sp³-hybridized carbons (Fsp3) is 0.240. The summed E-state index contributed by atoms with van der Waals surface area (Å²) < 4.78 is 1.83. The number of imidazole rings is 1. The van der Waals surface area contributed by atoms with Gasteiger partial charge in [0.2, 0.25) is 0 Å². The van der Waals surface area contributed by atoms with Gasteiger partial charge in [0.15, 0.2) is 11.5 Å². The number of hydrogen-bond acceptors (Lipinski definition) is 6. The van der Waals surface area contributed by atoms with Crippen LogP contribution >= 0.6 is 0 Å². The highest BCUT2D eigenvalue weighted by molar-refractivity contribution is 5.96. The van der Waals surface area contributed by atoms with Crippen molar-refractivity contribution in [1.29, 1.82) is 0 Å². The van der Waals surface area contributed by atoms with Crippen molar-refractivity contribution in [2.24, 2.45) is 0 Å². The quantitative estimate of drug-likeness (QED) is 0.391. The number of nitrogens with one attached hydrogen (secondary N) is 2. The maximum Gasteiger partial charge on any atom is 0.251 e. The Bertz CT molecular complexity index is 1360. The van der Waals surface area contributed by atoms with E-state index in [2.05, 4.69) is 15.6 Å². The normalized spacial score (nSPS) is 13.2. The Morgan fingerprint density at radius 3 is 2.67 bits per heavy atom. The summed E-state index contributed by atoms with van der Waals surface area (Å²) >= 11 is 0. The van der Waals surface area contributed by atoms with Gasteiger partial charge in [-0.3, -0.25) is 4.79 Å². The summed E-state index contributed by atoms with van der Waals surface area (Å²) in [5, 5.41) is 11.2. The number of benzene rings is 2. The fourth-order valence-electron chi connectivity index (χ4n) is 3.99. The molecule has 2 heterocycles. The molecular weight excluding hydrogens is 414 g/mol. The van der Waals surface area contributed by atoms with Crippen LogP contribution in [0.5, 0.6) is 0 Å². The summed E-state index contributed by atoms with van der Waals surface area (Å²) in [6, 6.07) is 15.8. The monoisotopic (exact) mass is 441 g/mol. The number of carbonyl (C=O) groups is 1. The Morgan fingerprint density at radius 1 is 1.18 bits per heavy atom. The van der Waals surface area contributed by atoms with Gasteiger partial charge in [-0.1, -0.05) is 18.2 Å². The number of carbonyl (C=O) groups excluding carboxylic acids is 1. The molecule has 0 unspecified atom stereocenters. The molecule has 0 atom stereocenters. The lowest BCUT2D eigenvalue weighted by molar-refractivity contribution is 0.0950. The zero-order valence-electron chi connectivity index (χ0n) is 19.0. The summed E-state index contributed by atoms with van der Waals surface area (Å²) in [6.07, 6.45) is 3.94. The highest BCUT2D eigenvalue weighted by Gasteiger charge is 2.24. The number of fused-ring (bicyclic) bond motifs is 1. The fourth-order valence-corrected chi connectivity index (χ4v) is 3.99. The largest absolute Gasteiger partial charge is 0.397 e. The number of rotatable bonds is 6. The number of aryl methyl sites for hydroxylation is 1. The van der Waals surface area contributed by atoms with Crippen LogP contribution in [0.2, 0.25) is 0 Å². The molecule has 0 radical (unpaired) electrons. The van der Waals surface area contributed by atoms with E-state index in [1.165, 1.54) is 0 Å². The number of nitrogen functional groups attached to an aromatic ring is 1. The van der Waals surface area contributed by atoms with Gasteiger partial charge in [-0.05, 0) is 49.6 Å². The minimum absolute atomic E-state index is 0.0142. The van der Waals surface area contributed by atoms with Gasteiger partial charge in [0, 0.05) is 37.3 Å². The van der Waals surface area contributed by atoms with Crippen LogP contribution in [-0.4, -0.2) is 40.6 Å². The van der Waals surface area contributed by atoms with Gasteiger partial charge in [0.1, 0.15) is 0 Å². The second-order valence-electron chi connectivity index (χ2n) is 8.44.